The van der Waals surface area contributed by atoms with Crippen LogP contribution in [0.25, 0.3) is 0 Å². The molecular formula is C28H36F3N5O2S2. The van der Waals surface area contributed by atoms with Crippen LogP contribution in [0.15, 0.2) is 42.5 Å². The number of piperidine rings is 1. The second-order valence-electron chi connectivity index (χ2n) is 10.0. The largest absolute Gasteiger partial charge is 0.423 e. The van der Waals surface area contributed by atoms with Crippen molar-refractivity contribution in [3.63, 3.8) is 0 Å². The van der Waals surface area contributed by atoms with Crippen molar-refractivity contribution in [2.45, 2.75) is 45.8 Å². The average molecular weight is 596 g/mol. The Morgan fingerprint density at radius 3 is 2.30 bits per heavy atom. The Balaban J connectivity index is 0.00000441. The van der Waals surface area contributed by atoms with Gasteiger partial charge in [-0.15, -0.1) is 0 Å². The van der Waals surface area contributed by atoms with Gasteiger partial charge < -0.3 is 15.1 Å². The minimum atomic E-state index is -4.80. The third-order valence-corrected chi connectivity index (χ3v) is 8.24. The lowest BCUT2D eigenvalue weighted by Gasteiger charge is -2.38. The molecule has 2 heterocycles. The van der Waals surface area contributed by atoms with Crippen molar-refractivity contribution in [3.8, 4) is 0 Å². The number of hydrogen-bond donors (Lipinski definition) is 1. The van der Waals surface area contributed by atoms with E-state index in [0.29, 0.717) is 25.9 Å². The fourth-order valence-electron chi connectivity index (χ4n) is 5.07. The van der Waals surface area contributed by atoms with Gasteiger partial charge in [0.1, 0.15) is 10.6 Å². The quantitative estimate of drug-likeness (QED) is 0.233. The number of halogens is 3. The molecule has 0 unspecified atom stereocenters. The molecule has 7 nitrogen and oxygen atoms in total. The Bertz CT molecular complexity index is 1210. The van der Waals surface area contributed by atoms with Gasteiger partial charge in [0.2, 0.25) is 0 Å². The zero-order valence-electron chi connectivity index (χ0n) is 21.7. The van der Waals surface area contributed by atoms with Gasteiger partial charge in [0, 0.05) is 75.6 Å². The van der Waals surface area contributed by atoms with Gasteiger partial charge in [-0.05, 0) is 38.0 Å². The Morgan fingerprint density at radius 2 is 1.70 bits per heavy atom. The van der Waals surface area contributed by atoms with E-state index in [0.717, 1.165) is 66.8 Å². The summed E-state index contributed by atoms with van der Waals surface area (Å²) >= 11 is 11.4. The van der Waals surface area contributed by atoms with Crippen LogP contribution in [0.4, 0.5) is 24.5 Å². The molecule has 0 saturated carbocycles. The third-order valence-electron chi connectivity index (χ3n) is 7.28. The first-order chi connectivity index (χ1) is 18.5. The molecule has 4 rings (SSSR count). The number of alkyl halides is 3. The maximum Gasteiger partial charge on any atom is 0.423 e. The topological polar surface area (TPSA) is 64.9 Å². The highest BCUT2D eigenvalue weighted by Gasteiger charge is 2.38. The van der Waals surface area contributed by atoms with Crippen LogP contribution >= 0.6 is 24.4 Å². The summed E-state index contributed by atoms with van der Waals surface area (Å²) in [6.45, 7) is 8.00. The summed E-state index contributed by atoms with van der Waals surface area (Å²) in [5.41, 5.74) is 0.336. The number of likely N-dealkylation sites (tertiary alicyclic amines) is 1. The molecule has 12 heteroatoms. The molecule has 2 aliphatic rings. The molecule has 0 aromatic heterocycles. The first kappa shape index (κ1) is 31.7. The molecule has 2 aromatic rings. The summed E-state index contributed by atoms with van der Waals surface area (Å²) in [4.78, 5) is 18.6. The monoisotopic (exact) mass is 595 g/mol. The summed E-state index contributed by atoms with van der Waals surface area (Å²) in [5, 5.41) is 14.1. The summed E-state index contributed by atoms with van der Waals surface area (Å²) in [5.74, 6) is 0. The molecule has 0 radical (unpaired) electrons. The standard InChI is InChI=1S/C27H32F3N5O2S2.CH4/c1-19-3-2-4-20(17-19)26(39)34-15-13-32(14-16-34)10-9-25(38)33-11-7-21(8-12-33)31-22-5-6-24(35(36)37)23(18-22)27(28,29)30;/h2-6,17-18,21,31H,7-16H2,1H3;1H4. The number of anilines is 1. The number of rotatable bonds is 7. The summed E-state index contributed by atoms with van der Waals surface area (Å²) < 4.78 is 39.9. The molecule has 1 N–H and O–H groups in total. The smallest absolute Gasteiger partial charge is 0.382 e. The van der Waals surface area contributed by atoms with E-state index in [9.17, 15) is 23.3 Å². The Labute approximate surface area is 244 Å². The molecule has 0 spiro atoms. The highest BCUT2D eigenvalue weighted by atomic mass is 32.1. The molecule has 0 aliphatic carbocycles. The average Bonchev–Trinajstić information content (AvgIpc) is 2.91. The van der Waals surface area contributed by atoms with Crippen molar-refractivity contribution in [3.05, 3.63) is 69.3 Å². The van der Waals surface area contributed by atoms with Crippen LogP contribution < -0.4 is 5.32 Å². The number of nitrogens with one attached hydrogen (secondary N) is 1. The molecule has 40 heavy (non-hydrogen) atoms. The number of piperazine rings is 1. The number of nitro benzene ring substituents is 1. The first-order valence-corrected chi connectivity index (χ1v) is 13.8. The molecule has 2 aliphatic heterocycles. The number of nitro groups is 1. The van der Waals surface area contributed by atoms with Gasteiger partial charge in [-0.1, -0.05) is 55.6 Å². The van der Waals surface area contributed by atoms with Crippen molar-refractivity contribution in [1.82, 2.24) is 14.7 Å². The van der Waals surface area contributed by atoms with Crippen LogP contribution in [0.3, 0.4) is 0 Å². The Morgan fingerprint density at radius 1 is 1.02 bits per heavy atom. The zero-order valence-corrected chi connectivity index (χ0v) is 23.4. The molecular weight excluding hydrogens is 559 g/mol. The normalized spacial score (nSPS) is 16.8. The summed E-state index contributed by atoms with van der Waals surface area (Å²) in [7, 11) is 0. The third kappa shape index (κ3) is 8.11. The molecule has 0 bridgehead atoms. The van der Waals surface area contributed by atoms with E-state index in [1.165, 1.54) is 11.6 Å². The molecule has 0 amide bonds. The van der Waals surface area contributed by atoms with E-state index in [2.05, 4.69) is 45.1 Å². The lowest BCUT2D eigenvalue weighted by Crippen LogP contribution is -2.49. The molecule has 2 saturated heterocycles. The van der Waals surface area contributed by atoms with Crippen molar-refractivity contribution < 1.29 is 18.1 Å². The fourth-order valence-corrected chi connectivity index (χ4v) is 5.65. The minimum absolute atomic E-state index is 0. The van der Waals surface area contributed by atoms with Crippen molar-refractivity contribution >= 4 is 45.8 Å². The number of thiocarbonyl (C=S) groups is 2. The first-order valence-electron chi connectivity index (χ1n) is 13.0. The van der Waals surface area contributed by atoms with Crippen molar-refractivity contribution in [2.24, 2.45) is 0 Å². The van der Waals surface area contributed by atoms with Crippen LogP contribution in [0.5, 0.6) is 0 Å². The second kappa shape index (κ2) is 13.7. The Hall–Kier alpha value is -2.83. The maximum absolute atomic E-state index is 13.3. The van der Waals surface area contributed by atoms with E-state index in [-0.39, 0.29) is 19.2 Å². The van der Waals surface area contributed by atoms with Crippen molar-refractivity contribution in [1.29, 1.82) is 0 Å². The van der Waals surface area contributed by atoms with Crippen LogP contribution in [0, 0.1) is 17.0 Å². The van der Waals surface area contributed by atoms with Gasteiger partial charge >= 0.3 is 6.18 Å². The molecule has 218 valence electrons. The summed E-state index contributed by atoms with van der Waals surface area (Å²) in [6, 6.07) is 11.3. The number of hydrogen-bond acceptors (Lipinski definition) is 6. The van der Waals surface area contributed by atoms with Crippen LogP contribution in [0.1, 0.15) is 43.4 Å². The van der Waals surface area contributed by atoms with E-state index in [4.69, 9.17) is 24.4 Å². The summed E-state index contributed by atoms with van der Waals surface area (Å²) in [6.07, 6.45) is -2.58. The minimum Gasteiger partial charge on any atom is -0.382 e. The number of aryl methyl sites for hydroxylation is 1. The van der Waals surface area contributed by atoms with Crippen LogP contribution in [-0.4, -0.2) is 81.5 Å². The lowest BCUT2D eigenvalue weighted by atomic mass is 10.0. The van der Waals surface area contributed by atoms with Gasteiger partial charge in [0.15, 0.2) is 0 Å². The van der Waals surface area contributed by atoms with Gasteiger partial charge in [0.05, 0.1) is 9.91 Å². The predicted octanol–water partition coefficient (Wildman–Crippen LogP) is 6.15. The van der Waals surface area contributed by atoms with Gasteiger partial charge in [-0.3, -0.25) is 15.0 Å². The van der Waals surface area contributed by atoms with Gasteiger partial charge in [0.25, 0.3) is 5.69 Å². The van der Waals surface area contributed by atoms with E-state index in [1.54, 1.807) is 0 Å². The second-order valence-corrected chi connectivity index (χ2v) is 10.9. The van der Waals surface area contributed by atoms with Crippen LogP contribution in [0.2, 0.25) is 0 Å². The van der Waals surface area contributed by atoms with E-state index in [1.807, 2.05) is 6.07 Å². The van der Waals surface area contributed by atoms with E-state index >= 15 is 0 Å². The fraction of sp³-hybridized carbons (Fsp3) is 0.500. The van der Waals surface area contributed by atoms with Gasteiger partial charge in [-0.2, -0.15) is 13.2 Å². The van der Waals surface area contributed by atoms with Crippen molar-refractivity contribution in [2.75, 3.05) is 51.1 Å². The molecule has 0 atom stereocenters. The highest BCUT2D eigenvalue weighted by molar-refractivity contribution is 7.80. The highest BCUT2D eigenvalue weighted by Crippen LogP contribution is 2.38. The molecule has 2 fully saturated rings. The maximum atomic E-state index is 13.3. The van der Waals surface area contributed by atoms with Crippen LogP contribution in [-0.2, 0) is 6.18 Å². The Kier molecular flexibility index (Phi) is 10.8. The SMILES string of the molecule is C.Cc1cccc(C(=S)N2CCN(CCC(=S)N3CCC(Nc4ccc([N+](=O)[O-])c(C(F)(F)F)c4)CC3)CC2)c1. The predicted molar refractivity (Wildman–Crippen MR) is 161 cm³/mol. The van der Waals surface area contributed by atoms with Gasteiger partial charge in [-0.25, -0.2) is 0 Å². The zero-order chi connectivity index (χ0) is 28.2. The number of nitrogens with zero attached hydrogens (tertiary/aromatic N) is 4. The lowest BCUT2D eigenvalue weighted by molar-refractivity contribution is -0.388. The van der Waals surface area contributed by atoms with E-state index < -0.39 is 22.4 Å². The number of benzene rings is 2. The molecule has 2 aromatic carbocycles.